The van der Waals surface area contributed by atoms with E-state index in [9.17, 15) is 4.79 Å². The number of ether oxygens (including phenoxy) is 1. The summed E-state index contributed by atoms with van der Waals surface area (Å²) < 4.78 is 5.31. The number of rotatable bonds is 7. The van der Waals surface area contributed by atoms with Gasteiger partial charge in [0.25, 0.3) is 5.91 Å². The molecule has 1 fully saturated rings. The molecule has 3 aromatic rings. The lowest BCUT2D eigenvalue weighted by atomic mass is 10.1. The monoisotopic (exact) mass is 420 g/mol. The van der Waals surface area contributed by atoms with Crippen LogP contribution in [0.3, 0.4) is 0 Å². The van der Waals surface area contributed by atoms with Crippen molar-refractivity contribution in [3.8, 4) is 0 Å². The highest BCUT2D eigenvalue weighted by molar-refractivity contribution is 7.99. The van der Waals surface area contributed by atoms with Crippen LogP contribution >= 0.6 is 11.8 Å². The summed E-state index contributed by atoms with van der Waals surface area (Å²) in [5.41, 5.74) is 1.48. The summed E-state index contributed by atoms with van der Waals surface area (Å²) in [7, 11) is 0. The second-order valence-electron chi connectivity index (χ2n) is 7.08. The number of anilines is 1. The van der Waals surface area contributed by atoms with Crippen LogP contribution in [0.1, 0.15) is 28.9 Å². The number of amides is 1. The fourth-order valence-electron chi connectivity index (χ4n) is 3.14. The molecule has 2 N–H and O–H groups in total. The van der Waals surface area contributed by atoms with Crippen LogP contribution in [0, 0.1) is 0 Å². The molecule has 6 nitrogen and oxygen atoms in total. The van der Waals surface area contributed by atoms with E-state index in [4.69, 9.17) is 4.74 Å². The van der Waals surface area contributed by atoms with Gasteiger partial charge in [0.15, 0.2) is 5.69 Å². The van der Waals surface area contributed by atoms with E-state index in [-0.39, 0.29) is 11.9 Å². The molecule has 1 aliphatic rings. The van der Waals surface area contributed by atoms with Gasteiger partial charge in [-0.15, -0.1) is 10.2 Å². The Labute approximate surface area is 180 Å². The molecule has 4 rings (SSSR count). The van der Waals surface area contributed by atoms with Crippen molar-refractivity contribution >= 4 is 23.5 Å². The third-order valence-electron chi connectivity index (χ3n) is 4.83. The highest BCUT2D eigenvalue weighted by Crippen LogP contribution is 2.27. The molecular formula is C23H24N4O2S. The minimum Gasteiger partial charge on any atom is -0.381 e. The van der Waals surface area contributed by atoms with Crippen LogP contribution in [0.4, 0.5) is 5.82 Å². The van der Waals surface area contributed by atoms with Gasteiger partial charge in [-0.1, -0.05) is 42.1 Å². The maximum absolute atomic E-state index is 12.3. The molecule has 30 heavy (non-hydrogen) atoms. The summed E-state index contributed by atoms with van der Waals surface area (Å²) in [5, 5.41) is 14.4. The van der Waals surface area contributed by atoms with Crippen molar-refractivity contribution in [1.29, 1.82) is 0 Å². The first kappa shape index (κ1) is 20.4. The highest BCUT2D eigenvalue weighted by atomic mass is 32.2. The number of nitrogens with zero attached hydrogens (tertiary/aromatic N) is 2. The SMILES string of the molecule is O=C(NC1CCOCC1)c1ccc(NCc2ccc(Sc3ccccc3)cc2)nn1. The van der Waals surface area contributed by atoms with Gasteiger partial charge in [-0.3, -0.25) is 4.79 Å². The quantitative estimate of drug-likeness (QED) is 0.598. The summed E-state index contributed by atoms with van der Waals surface area (Å²) in [6.45, 7) is 2.01. The first-order valence-corrected chi connectivity index (χ1v) is 10.9. The van der Waals surface area contributed by atoms with E-state index >= 15 is 0 Å². The minimum absolute atomic E-state index is 0.147. The van der Waals surface area contributed by atoms with E-state index in [0.29, 0.717) is 31.3 Å². The zero-order chi connectivity index (χ0) is 20.6. The predicted octanol–water partition coefficient (Wildman–Crippen LogP) is 4.15. The van der Waals surface area contributed by atoms with Crippen LogP contribution in [0.15, 0.2) is 76.5 Å². The van der Waals surface area contributed by atoms with Crippen molar-refractivity contribution < 1.29 is 9.53 Å². The first-order valence-electron chi connectivity index (χ1n) is 10.0. The number of aromatic nitrogens is 2. The smallest absolute Gasteiger partial charge is 0.272 e. The van der Waals surface area contributed by atoms with Gasteiger partial charge in [0.1, 0.15) is 5.82 Å². The van der Waals surface area contributed by atoms with Crippen molar-refractivity contribution in [2.24, 2.45) is 0 Å². The average Bonchev–Trinajstić information content (AvgIpc) is 2.80. The van der Waals surface area contributed by atoms with Crippen molar-refractivity contribution in [2.45, 2.75) is 35.2 Å². The topological polar surface area (TPSA) is 76.1 Å². The van der Waals surface area contributed by atoms with Crippen molar-refractivity contribution in [3.05, 3.63) is 78.0 Å². The first-order chi connectivity index (χ1) is 14.8. The van der Waals surface area contributed by atoms with E-state index in [1.54, 1.807) is 23.9 Å². The summed E-state index contributed by atoms with van der Waals surface area (Å²) >= 11 is 1.74. The van der Waals surface area contributed by atoms with Crippen LogP contribution < -0.4 is 10.6 Å². The molecule has 0 radical (unpaired) electrons. The Hall–Kier alpha value is -2.90. The van der Waals surface area contributed by atoms with Gasteiger partial charge in [-0.2, -0.15) is 0 Å². The molecule has 0 saturated carbocycles. The van der Waals surface area contributed by atoms with Gasteiger partial charge >= 0.3 is 0 Å². The van der Waals surface area contributed by atoms with Crippen LogP contribution in [0.5, 0.6) is 0 Å². The number of carbonyl (C=O) groups is 1. The van der Waals surface area contributed by atoms with Crippen LogP contribution in [0.2, 0.25) is 0 Å². The molecule has 154 valence electrons. The average molecular weight is 421 g/mol. The standard InChI is InChI=1S/C23H24N4O2S/c28-23(25-18-12-14-29-15-13-18)21-10-11-22(27-26-21)24-16-17-6-8-20(9-7-17)30-19-4-2-1-3-5-19/h1-11,18H,12-16H2,(H,24,27)(H,25,28). The number of hydrogen-bond donors (Lipinski definition) is 2. The molecule has 0 unspecified atom stereocenters. The lowest BCUT2D eigenvalue weighted by molar-refractivity contribution is 0.0693. The number of hydrogen-bond acceptors (Lipinski definition) is 6. The second-order valence-corrected chi connectivity index (χ2v) is 8.22. The largest absolute Gasteiger partial charge is 0.381 e. The molecule has 1 aliphatic heterocycles. The number of nitrogens with one attached hydrogen (secondary N) is 2. The minimum atomic E-state index is -0.188. The van der Waals surface area contributed by atoms with E-state index < -0.39 is 0 Å². The molecule has 1 amide bonds. The van der Waals surface area contributed by atoms with Gasteiger partial charge in [0, 0.05) is 35.6 Å². The molecule has 0 aliphatic carbocycles. The van der Waals surface area contributed by atoms with E-state index in [1.807, 2.05) is 18.2 Å². The highest BCUT2D eigenvalue weighted by Gasteiger charge is 2.17. The fraction of sp³-hybridized carbons (Fsp3) is 0.261. The third-order valence-corrected chi connectivity index (χ3v) is 5.85. The molecular weight excluding hydrogens is 396 g/mol. The van der Waals surface area contributed by atoms with Crippen LogP contribution in [0.25, 0.3) is 0 Å². The number of benzene rings is 2. The van der Waals surface area contributed by atoms with Gasteiger partial charge in [-0.25, -0.2) is 0 Å². The van der Waals surface area contributed by atoms with Crippen molar-refractivity contribution in [3.63, 3.8) is 0 Å². The predicted molar refractivity (Wildman–Crippen MR) is 118 cm³/mol. The molecule has 1 saturated heterocycles. The summed E-state index contributed by atoms with van der Waals surface area (Å²) in [4.78, 5) is 14.7. The Morgan fingerprint density at radius 1 is 0.933 bits per heavy atom. The van der Waals surface area contributed by atoms with E-state index in [0.717, 1.165) is 18.4 Å². The Kier molecular flexibility index (Phi) is 6.95. The van der Waals surface area contributed by atoms with E-state index in [2.05, 4.69) is 57.2 Å². The Morgan fingerprint density at radius 3 is 2.37 bits per heavy atom. The molecule has 0 atom stereocenters. The molecule has 2 aromatic carbocycles. The third kappa shape index (κ3) is 5.81. The van der Waals surface area contributed by atoms with Gasteiger partial charge < -0.3 is 15.4 Å². The lowest BCUT2D eigenvalue weighted by Gasteiger charge is -2.22. The lowest BCUT2D eigenvalue weighted by Crippen LogP contribution is -2.39. The maximum Gasteiger partial charge on any atom is 0.272 e. The maximum atomic E-state index is 12.3. The molecule has 0 spiro atoms. The zero-order valence-corrected chi connectivity index (χ0v) is 17.4. The fourth-order valence-corrected chi connectivity index (χ4v) is 3.98. The van der Waals surface area contributed by atoms with Gasteiger partial charge in [0.2, 0.25) is 0 Å². The molecule has 1 aromatic heterocycles. The van der Waals surface area contributed by atoms with Gasteiger partial charge in [-0.05, 0) is 54.8 Å². The Bertz CT molecular complexity index is 943. The Balaban J connectivity index is 1.27. The zero-order valence-electron chi connectivity index (χ0n) is 16.6. The van der Waals surface area contributed by atoms with Crippen molar-refractivity contribution in [1.82, 2.24) is 15.5 Å². The van der Waals surface area contributed by atoms with Crippen LogP contribution in [-0.2, 0) is 11.3 Å². The summed E-state index contributed by atoms with van der Waals surface area (Å²) in [6, 6.07) is 22.4. The number of carbonyl (C=O) groups excluding carboxylic acids is 1. The molecule has 0 bridgehead atoms. The van der Waals surface area contributed by atoms with Crippen molar-refractivity contribution in [2.75, 3.05) is 18.5 Å². The Morgan fingerprint density at radius 2 is 1.67 bits per heavy atom. The van der Waals surface area contributed by atoms with Gasteiger partial charge in [0.05, 0.1) is 0 Å². The molecule has 7 heteroatoms. The summed E-state index contributed by atoms with van der Waals surface area (Å²) in [6.07, 6.45) is 1.67. The normalized spacial score (nSPS) is 14.3. The summed E-state index contributed by atoms with van der Waals surface area (Å²) in [5.74, 6) is 0.452. The second kappa shape index (κ2) is 10.2. The van der Waals surface area contributed by atoms with Crippen LogP contribution in [-0.4, -0.2) is 35.4 Å². The van der Waals surface area contributed by atoms with E-state index in [1.165, 1.54) is 9.79 Å². The molecule has 2 heterocycles.